The number of carbonyl (C=O) groups is 1. The summed E-state index contributed by atoms with van der Waals surface area (Å²) >= 11 is 0. The Kier molecular flexibility index (Phi) is 6.34. The Morgan fingerprint density at radius 2 is 1.80 bits per heavy atom. The topological polar surface area (TPSA) is 54.0 Å². The molecule has 132 valence electrons. The molecule has 0 aliphatic rings. The number of anilines is 2. The highest BCUT2D eigenvalue weighted by Crippen LogP contribution is 2.32. The van der Waals surface area contributed by atoms with Crippen LogP contribution in [0.1, 0.15) is 61.0 Å². The second-order valence-electron chi connectivity index (χ2n) is 6.67. The van der Waals surface area contributed by atoms with Gasteiger partial charge in [0.1, 0.15) is 5.82 Å². The molecule has 0 unspecified atom stereocenters. The molecule has 0 bridgehead atoms. The van der Waals surface area contributed by atoms with Gasteiger partial charge in [0.15, 0.2) is 0 Å². The molecular weight excluding hydrogens is 310 g/mol. The van der Waals surface area contributed by atoms with E-state index in [2.05, 4.69) is 68.1 Å². The lowest BCUT2D eigenvalue weighted by atomic mass is 9.92. The van der Waals surface area contributed by atoms with E-state index in [1.807, 2.05) is 0 Å². The highest BCUT2D eigenvalue weighted by Gasteiger charge is 2.17. The van der Waals surface area contributed by atoms with E-state index in [0.717, 1.165) is 16.8 Å². The van der Waals surface area contributed by atoms with Crippen LogP contribution in [0.3, 0.4) is 0 Å². The number of hydrogen-bond acceptors (Lipinski definition) is 3. The van der Waals surface area contributed by atoms with Gasteiger partial charge in [0.2, 0.25) is 0 Å². The molecule has 0 saturated carbocycles. The summed E-state index contributed by atoms with van der Waals surface area (Å²) < 4.78 is 0. The van der Waals surface area contributed by atoms with Gasteiger partial charge in [-0.25, -0.2) is 4.98 Å². The number of para-hydroxylation sites is 1. The van der Waals surface area contributed by atoms with Crippen LogP contribution in [0.5, 0.6) is 0 Å². The molecule has 1 aromatic carbocycles. The van der Waals surface area contributed by atoms with Gasteiger partial charge in [-0.1, -0.05) is 52.0 Å². The van der Waals surface area contributed by atoms with Crippen molar-refractivity contribution in [3.05, 3.63) is 65.9 Å². The second-order valence-corrected chi connectivity index (χ2v) is 6.67. The van der Waals surface area contributed by atoms with Gasteiger partial charge < -0.3 is 10.6 Å². The Hall–Kier alpha value is -2.62. The normalized spacial score (nSPS) is 10.8. The Balaban J connectivity index is 2.33. The number of aromatic nitrogens is 1. The van der Waals surface area contributed by atoms with Crippen LogP contribution < -0.4 is 10.6 Å². The van der Waals surface area contributed by atoms with Crippen LogP contribution in [0.15, 0.2) is 49.2 Å². The lowest BCUT2D eigenvalue weighted by Gasteiger charge is -2.20. The maximum atomic E-state index is 12.8. The van der Waals surface area contributed by atoms with E-state index in [1.165, 1.54) is 0 Å². The molecule has 4 nitrogen and oxygen atoms in total. The highest BCUT2D eigenvalue weighted by molar-refractivity contribution is 6.05. The number of carbonyl (C=O) groups excluding carboxylic acids is 1. The zero-order valence-corrected chi connectivity index (χ0v) is 15.5. The van der Waals surface area contributed by atoms with E-state index in [4.69, 9.17) is 0 Å². The molecule has 0 spiro atoms. The van der Waals surface area contributed by atoms with Gasteiger partial charge in [-0.2, -0.15) is 0 Å². The third kappa shape index (κ3) is 4.69. The first-order valence-electron chi connectivity index (χ1n) is 8.69. The minimum Gasteiger partial charge on any atom is -0.367 e. The molecule has 0 saturated heterocycles. The average Bonchev–Trinajstić information content (AvgIpc) is 2.59. The van der Waals surface area contributed by atoms with Crippen molar-refractivity contribution >= 4 is 17.4 Å². The van der Waals surface area contributed by atoms with Crippen LogP contribution in [0.25, 0.3) is 0 Å². The number of amides is 1. The molecule has 1 amide bonds. The van der Waals surface area contributed by atoms with Crippen LogP contribution in [0, 0.1) is 0 Å². The Labute approximate surface area is 150 Å². The fraction of sp³-hybridized carbons (Fsp3) is 0.333. The molecule has 2 aromatic rings. The maximum absolute atomic E-state index is 12.8. The van der Waals surface area contributed by atoms with E-state index < -0.39 is 0 Å². The number of nitrogens with one attached hydrogen (secondary N) is 2. The van der Waals surface area contributed by atoms with Crippen LogP contribution in [-0.4, -0.2) is 17.4 Å². The van der Waals surface area contributed by atoms with Crippen molar-refractivity contribution < 1.29 is 4.79 Å². The molecule has 1 heterocycles. The van der Waals surface area contributed by atoms with Crippen LogP contribution in [0.2, 0.25) is 0 Å². The Morgan fingerprint density at radius 1 is 1.16 bits per heavy atom. The molecule has 0 aliphatic heterocycles. The molecule has 4 heteroatoms. The monoisotopic (exact) mass is 337 g/mol. The van der Waals surface area contributed by atoms with Gasteiger partial charge in [0, 0.05) is 24.0 Å². The standard InChI is InChI=1S/C21H27N3O/c1-6-11-22-19-13-16(10-12-23-19)21(25)24-20-17(14(2)3)8-7-9-18(20)15(4)5/h6-10,12-15H,1,11H2,2-5H3,(H,22,23)(H,24,25). The molecule has 0 aliphatic carbocycles. The molecule has 0 fully saturated rings. The van der Waals surface area contributed by atoms with Crippen LogP contribution in [-0.2, 0) is 0 Å². The smallest absolute Gasteiger partial charge is 0.255 e. The SMILES string of the molecule is C=CCNc1cc(C(=O)Nc2c(C(C)C)cccc2C(C)C)ccn1. The van der Waals surface area contributed by atoms with E-state index in [1.54, 1.807) is 24.4 Å². The summed E-state index contributed by atoms with van der Waals surface area (Å²) in [5.41, 5.74) is 3.81. The van der Waals surface area contributed by atoms with Crippen molar-refractivity contribution in [3.63, 3.8) is 0 Å². The Bertz CT molecular complexity index is 724. The third-order valence-electron chi connectivity index (χ3n) is 4.06. The maximum Gasteiger partial charge on any atom is 0.255 e. The second kappa shape index (κ2) is 8.47. The minimum atomic E-state index is -0.126. The van der Waals surface area contributed by atoms with E-state index in [9.17, 15) is 4.79 Å². The predicted octanol–water partition coefficient (Wildman–Crippen LogP) is 5.18. The fourth-order valence-corrected chi connectivity index (χ4v) is 2.73. The van der Waals surface area contributed by atoms with Gasteiger partial charge in [-0.05, 0) is 35.1 Å². The number of pyridine rings is 1. The lowest BCUT2D eigenvalue weighted by Crippen LogP contribution is -2.16. The lowest BCUT2D eigenvalue weighted by molar-refractivity contribution is 0.102. The number of rotatable bonds is 7. The Morgan fingerprint density at radius 3 is 2.36 bits per heavy atom. The highest BCUT2D eigenvalue weighted by atomic mass is 16.1. The quantitative estimate of drug-likeness (QED) is 0.685. The molecule has 1 aromatic heterocycles. The van der Waals surface area contributed by atoms with Crippen molar-refractivity contribution in [1.82, 2.24) is 4.98 Å². The first kappa shape index (κ1) is 18.7. The zero-order valence-electron chi connectivity index (χ0n) is 15.5. The van der Waals surface area contributed by atoms with Gasteiger partial charge in [0.05, 0.1) is 0 Å². The summed E-state index contributed by atoms with van der Waals surface area (Å²) in [5.74, 6) is 1.19. The van der Waals surface area contributed by atoms with Crippen molar-refractivity contribution in [2.75, 3.05) is 17.2 Å². The van der Waals surface area contributed by atoms with Gasteiger partial charge in [-0.3, -0.25) is 4.79 Å². The third-order valence-corrected chi connectivity index (χ3v) is 4.06. The fourth-order valence-electron chi connectivity index (χ4n) is 2.73. The van der Waals surface area contributed by atoms with Crippen LogP contribution >= 0.6 is 0 Å². The first-order valence-corrected chi connectivity index (χ1v) is 8.69. The van der Waals surface area contributed by atoms with E-state index in [0.29, 0.717) is 29.8 Å². The van der Waals surface area contributed by atoms with Crippen molar-refractivity contribution in [2.45, 2.75) is 39.5 Å². The predicted molar refractivity (Wildman–Crippen MR) is 105 cm³/mol. The van der Waals surface area contributed by atoms with Crippen molar-refractivity contribution in [1.29, 1.82) is 0 Å². The first-order chi connectivity index (χ1) is 11.9. The largest absolute Gasteiger partial charge is 0.367 e. The minimum absolute atomic E-state index is 0.126. The van der Waals surface area contributed by atoms with E-state index >= 15 is 0 Å². The molecular formula is C21H27N3O. The van der Waals surface area contributed by atoms with Crippen LogP contribution in [0.4, 0.5) is 11.5 Å². The van der Waals surface area contributed by atoms with Gasteiger partial charge >= 0.3 is 0 Å². The summed E-state index contributed by atoms with van der Waals surface area (Å²) in [4.78, 5) is 17.0. The van der Waals surface area contributed by atoms with Gasteiger partial charge in [0.25, 0.3) is 5.91 Å². The molecule has 2 rings (SSSR count). The van der Waals surface area contributed by atoms with Crippen molar-refractivity contribution in [3.8, 4) is 0 Å². The average molecular weight is 337 g/mol. The number of hydrogen-bond donors (Lipinski definition) is 2. The number of benzene rings is 1. The molecule has 0 atom stereocenters. The van der Waals surface area contributed by atoms with E-state index in [-0.39, 0.29) is 5.91 Å². The summed E-state index contributed by atoms with van der Waals surface area (Å²) in [6.45, 7) is 12.8. The van der Waals surface area contributed by atoms with Gasteiger partial charge in [-0.15, -0.1) is 6.58 Å². The summed E-state index contributed by atoms with van der Waals surface area (Å²) in [6.07, 6.45) is 3.39. The molecule has 25 heavy (non-hydrogen) atoms. The number of nitrogens with zero attached hydrogens (tertiary/aromatic N) is 1. The molecule has 0 radical (unpaired) electrons. The summed E-state index contributed by atoms with van der Waals surface area (Å²) in [7, 11) is 0. The zero-order chi connectivity index (χ0) is 18.4. The van der Waals surface area contributed by atoms with Crippen molar-refractivity contribution in [2.24, 2.45) is 0 Å². The summed E-state index contributed by atoms with van der Waals surface area (Å²) in [5, 5.41) is 6.23. The summed E-state index contributed by atoms with van der Waals surface area (Å²) in [6, 6.07) is 9.70. The molecule has 2 N–H and O–H groups in total.